The second-order valence-electron chi connectivity index (χ2n) is 8.90. The van der Waals surface area contributed by atoms with Crippen LogP contribution in [0, 0.1) is 6.92 Å². The maximum Gasteiger partial charge on any atom is 0.274 e. The van der Waals surface area contributed by atoms with Crippen LogP contribution < -0.4 is 24.3 Å². The van der Waals surface area contributed by atoms with Crippen LogP contribution in [-0.4, -0.2) is 54.3 Å². The number of amides is 1. The number of aryl methyl sites for hydroxylation is 1. The van der Waals surface area contributed by atoms with Crippen LogP contribution in [0.3, 0.4) is 0 Å². The summed E-state index contributed by atoms with van der Waals surface area (Å²) in [4.78, 5) is 19.9. The minimum Gasteiger partial charge on any atom is -0.493 e. The molecule has 5 rings (SSSR count). The normalized spacial score (nSPS) is 11.6. The molecule has 10 nitrogen and oxygen atoms in total. The van der Waals surface area contributed by atoms with Gasteiger partial charge >= 0.3 is 0 Å². The molecule has 0 unspecified atom stereocenters. The van der Waals surface area contributed by atoms with E-state index < -0.39 is 11.9 Å². The molecule has 10 heteroatoms. The molecule has 0 saturated heterocycles. The summed E-state index contributed by atoms with van der Waals surface area (Å²) in [6.07, 6.45) is 1.69. The molecule has 0 aliphatic carbocycles. The number of pyridine rings is 1. The summed E-state index contributed by atoms with van der Waals surface area (Å²) in [7, 11) is 6.30. The molecule has 40 heavy (non-hydrogen) atoms. The van der Waals surface area contributed by atoms with Crippen LogP contribution >= 0.6 is 0 Å². The molecule has 1 atom stereocenters. The lowest BCUT2D eigenvalue weighted by atomic mass is 9.97. The van der Waals surface area contributed by atoms with Crippen molar-refractivity contribution in [2.24, 2.45) is 0 Å². The summed E-state index contributed by atoms with van der Waals surface area (Å²) in [5.41, 5.74) is 2.78. The van der Waals surface area contributed by atoms with Gasteiger partial charge in [0.1, 0.15) is 0 Å². The summed E-state index contributed by atoms with van der Waals surface area (Å²) in [6.45, 7) is 1.75. The van der Waals surface area contributed by atoms with Crippen molar-refractivity contribution in [1.82, 2.24) is 25.3 Å². The molecule has 2 aromatic heterocycles. The Hall–Kier alpha value is -5.12. The molecular weight excluding hydrogens is 510 g/mol. The molecular formula is C30H29N5O5. The molecule has 1 N–H and O–H groups in total. The van der Waals surface area contributed by atoms with Crippen LogP contribution in [0.4, 0.5) is 0 Å². The zero-order valence-corrected chi connectivity index (χ0v) is 22.8. The zero-order chi connectivity index (χ0) is 28.2. The number of rotatable bonds is 9. The first-order chi connectivity index (χ1) is 19.5. The van der Waals surface area contributed by atoms with Gasteiger partial charge in [-0.15, -0.1) is 5.10 Å². The van der Waals surface area contributed by atoms with Gasteiger partial charge in [-0.2, -0.15) is 9.90 Å². The van der Waals surface area contributed by atoms with Gasteiger partial charge in [-0.3, -0.25) is 9.78 Å². The number of ether oxygens (including phenoxy) is 4. The smallest absolute Gasteiger partial charge is 0.274 e. The number of carbonyl (C=O) groups is 1. The SMILES string of the molecule is COc1ccc([C@@H](NC(=O)c2nn(-c3ccccc3)nc2C)c2nccc3cc(OC)c(OC)cc23)cc1OC. The lowest BCUT2D eigenvalue weighted by Crippen LogP contribution is -2.31. The predicted molar refractivity (Wildman–Crippen MR) is 150 cm³/mol. The monoisotopic (exact) mass is 539 g/mol. The third-order valence-electron chi connectivity index (χ3n) is 6.57. The summed E-state index contributed by atoms with van der Waals surface area (Å²) < 4.78 is 22.1. The molecule has 2 heterocycles. The van der Waals surface area contributed by atoms with Crippen molar-refractivity contribution < 1.29 is 23.7 Å². The number of hydrogen-bond donors (Lipinski definition) is 1. The van der Waals surface area contributed by atoms with Crippen molar-refractivity contribution in [1.29, 1.82) is 0 Å². The van der Waals surface area contributed by atoms with E-state index in [0.29, 0.717) is 34.4 Å². The first-order valence-corrected chi connectivity index (χ1v) is 12.5. The van der Waals surface area contributed by atoms with Crippen molar-refractivity contribution in [3.8, 4) is 28.7 Å². The quantitative estimate of drug-likeness (QED) is 0.288. The van der Waals surface area contributed by atoms with Gasteiger partial charge in [0.2, 0.25) is 0 Å². The Balaban J connectivity index is 1.63. The van der Waals surface area contributed by atoms with Crippen LogP contribution in [-0.2, 0) is 0 Å². The van der Waals surface area contributed by atoms with Crippen LogP contribution in [0.5, 0.6) is 23.0 Å². The van der Waals surface area contributed by atoms with Gasteiger partial charge in [0.25, 0.3) is 5.91 Å². The third-order valence-corrected chi connectivity index (χ3v) is 6.57. The second-order valence-corrected chi connectivity index (χ2v) is 8.90. The Morgan fingerprint density at radius 2 is 1.48 bits per heavy atom. The Morgan fingerprint density at radius 1 is 0.800 bits per heavy atom. The Morgan fingerprint density at radius 3 is 2.17 bits per heavy atom. The lowest BCUT2D eigenvalue weighted by Gasteiger charge is -2.22. The number of nitrogens with one attached hydrogen (secondary N) is 1. The van der Waals surface area contributed by atoms with Gasteiger partial charge in [0.05, 0.1) is 51.6 Å². The van der Waals surface area contributed by atoms with Crippen molar-refractivity contribution >= 4 is 16.7 Å². The topological polar surface area (TPSA) is 110 Å². The largest absolute Gasteiger partial charge is 0.493 e. The predicted octanol–water partition coefficient (Wildman–Crippen LogP) is 4.68. The van der Waals surface area contributed by atoms with Crippen molar-refractivity contribution in [2.75, 3.05) is 28.4 Å². The van der Waals surface area contributed by atoms with E-state index in [9.17, 15) is 4.79 Å². The van der Waals surface area contributed by atoms with E-state index in [0.717, 1.165) is 22.0 Å². The van der Waals surface area contributed by atoms with Crippen molar-refractivity contribution in [3.05, 3.63) is 95.6 Å². The Kier molecular flexibility index (Phi) is 7.50. The minimum atomic E-state index is -0.685. The van der Waals surface area contributed by atoms with E-state index in [-0.39, 0.29) is 5.69 Å². The van der Waals surface area contributed by atoms with Crippen LogP contribution in [0.15, 0.2) is 72.9 Å². The van der Waals surface area contributed by atoms with E-state index >= 15 is 0 Å². The highest BCUT2D eigenvalue weighted by molar-refractivity contribution is 5.95. The number of aromatic nitrogens is 4. The third kappa shape index (κ3) is 4.98. The highest BCUT2D eigenvalue weighted by atomic mass is 16.5. The van der Waals surface area contributed by atoms with Gasteiger partial charge < -0.3 is 24.3 Å². The molecule has 1 amide bonds. The van der Waals surface area contributed by atoms with Gasteiger partial charge in [0.15, 0.2) is 28.7 Å². The van der Waals surface area contributed by atoms with E-state index in [4.69, 9.17) is 23.9 Å². The summed E-state index contributed by atoms with van der Waals surface area (Å²) in [5.74, 6) is 1.81. The number of carbonyl (C=O) groups excluding carboxylic acids is 1. The summed E-state index contributed by atoms with van der Waals surface area (Å²) in [5, 5.41) is 13.7. The fraction of sp³-hybridized carbons (Fsp3) is 0.200. The molecule has 0 bridgehead atoms. The highest BCUT2D eigenvalue weighted by Gasteiger charge is 2.26. The number of fused-ring (bicyclic) bond motifs is 1. The molecule has 204 valence electrons. The first kappa shape index (κ1) is 26.5. The van der Waals surface area contributed by atoms with E-state index in [1.807, 2.05) is 60.7 Å². The van der Waals surface area contributed by atoms with Crippen molar-refractivity contribution in [2.45, 2.75) is 13.0 Å². The minimum absolute atomic E-state index is 0.203. The zero-order valence-electron chi connectivity index (χ0n) is 22.8. The van der Waals surface area contributed by atoms with Gasteiger partial charge in [-0.1, -0.05) is 24.3 Å². The number of para-hydroxylation sites is 1. The van der Waals surface area contributed by atoms with Crippen LogP contribution in [0.2, 0.25) is 0 Å². The van der Waals surface area contributed by atoms with E-state index in [1.54, 1.807) is 47.6 Å². The summed E-state index contributed by atoms with van der Waals surface area (Å²) >= 11 is 0. The average molecular weight is 540 g/mol. The first-order valence-electron chi connectivity index (χ1n) is 12.5. The number of nitrogens with zero attached hydrogens (tertiary/aromatic N) is 4. The molecule has 0 radical (unpaired) electrons. The molecule has 0 aliphatic rings. The number of hydrogen-bond acceptors (Lipinski definition) is 8. The molecule has 0 aliphatic heterocycles. The van der Waals surface area contributed by atoms with E-state index in [2.05, 4.69) is 15.5 Å². The number of benzene rings is 3. The van der Waals surface area contributed by atoms with Crippen molar-refractivity contribution in [3.63, 3.8) is 0 Å². The lowest BCUT2D eigenvalue weighted by molar-refractivity contribution is 0.0936. The molecule has 3 aromatic carbocycles. The molecule has 0 spiro atoms. The fourth-order valence-corrected chi connectivity index (χ4v) is 4.56. The van der Waals surface area contributed by atoms with Gasteiger partial charge in [-0.25, -0.2) is 0 Å². The second kappa shape index (κ2) is 11.3. The molecule has 5 aromatic rings. The Labute approximate surface area is 231 Å². The highest BCUT2D eigenvalue weighted by Crippen LogP contribution is 2.38. The molecule has 0 fully saturated rings. The van der Waals surface area contributed by atoms with Crippen LogP contribution in [0.1, 0.15) is 33.5 Å². The Bertz CT molecular complexity index is 1670. The van der Waals surface area contributed by atoms with Gasteiger partial charge in [0, 0.05) is 11.6 Å². The molecule has 0 saturated carbocycles. The van der Waals surface area contributed by atoms with Crippen LogP contribution in [0.25, 0.3) is 16.5 Å². The standard InChI is InChI=1S/C30H29N5O5/c1-18-27(34-35(33-18)21-9-7-6-8-10-21)30(36)32-28(20-11-12-23(37-2)24(16-20)38-3)29-22-17-26(40-5)25(39-4)15-19(22)13-14-31-29/h6-17,28H,1-5H3,(H,32,36)/t28-/m1/s1. The fourth-order valence-electron chi connectivity index (χ4n) is 4.56. The maximum absolute atomic E-state index is 13.7. The summed E-state index contributed by atoms with van der Waals surface area (Å²) in [6, 6.07) is 19.8. The number of methoxy groups -OCH3 is 4. The van der Waals surface area contributed by atoms with E-state index in [1.165, 1.54) is 4.80 Å². The average Bonchev–Trinajstić information content (AvgIpc) is 3.40. The van der Waals surface area contributed by atoms with Gasteiger partial charge in [-0.05, 0) is 60.3 Å². The maximum atomic E-state index is 13.7.